The number of phenols is 1. The van der Waals surface area contributed by atoms with Crippen LogP contribution in [0, 0.1) is 12.8 Å². The van der Waals surface area contributed by atoms with E-state index in [9.17, 15) is 5.11 Å². The second kappa shape index (κ2) is 5.54. The lowest BCUT2D eigenvalue weighted by Gasteiger charge is -2.20. The molecule has 1 fully saturated rings. The van der Waals surface area contributed by atoms with Gasteiger partial charge < -0.3 is 10.4 Å². The highest BCUT2D eigenvalue weighted by atomic mass is 16.3. The van der Waals surface area contributed by atoms with Crippen LogP contribution in [0.15, 0.2) is 18.2 Å². The summed E-state index contributed by atoms with van der Waals surface area (Å²) in [4.78, 5) is 0. The van der Waals surface area contributed by atoms with Crippen molar-refractivity contribution in [2.45, 2.75) is 52.1 Å². The van der Waals surface area contributed by atoms with Gasteiger partial charge in [0.15, 0.2) is 0 Å². The third-order valence-electron chi connectivity index (χ3n) is 3.96. The van der Waals surface area contributed by atoms with E-state index in [1.54, 1.807) is 6.07 Å². The Morgan fingerprint density at radius 1 is 1.35 bits per heavy atom. The van der Waals surface area contributed by atoms with Gasteiger partial charge in [-0.25, -0.2) is 0 Å². The molecular formula is C15H23NO. The summed E-state index contributed by atoms with van der Waals surface area (Å²) in [7, 11) is 0. The van der Waals surface area contributed by atoms with Gasteiger partial charge >= 0.3 is 0 Å². The fourth-order valence-corrected chi connectivity index (χ4v) is 2.75. The number of hydrogen-bond acceptors (Lipinski definition) is 2. The highest BCUT2D eigenvalue weighted by Crippen LogP contribution is 2.28. The molecule has 1 aliphatic rings. The van der Waals surface area contributed by atoms with Gasteiger partial charge in [0.2, 0.25) is 0 Å². The molecule has 2 heteroatoms. The molecule has 0 radical (unpaired) electrons. The standard InChI is InChI=1S/C15H23NO/c1-11-7-8-15(17)14(9-11)10-16-12(2)13-5-3-4-6-13/h7-9,12-13,16-17H,3-6,10H2,1-2H3/t12-/m0/s1. The highest BCUT2D eigenvalue weighted by Gasteiger charge is 2.21. The Balaban J connectivity index is 1.90. The third kappa shape index (κ3) is 3.22. The number of rotatable bonds is 4. The SMILES string of the molecule is Cc1ccc(O)c(CN[C@@H](C)C2CCCC2)c1. The first kappa shape index (κ1) is 12.4. The van der Waals surface area contributed by atoms with Crippen LogP contribution in [0.5, 0.6) is 5.75 Å². The van der Waals surface area contributed by atoms with E-state index in [0.29, 0.717) is 11.8 Å². The summed E-state index contributed by atoms with van der Waals surface area (Å²) in [5.74, 6) is 1.23. The smallest absolute Gasteiger partial charge is 0.120 e. The zero-order chi connectivity index (χ0) is 12.3. The molecule has 1 aromatic rings. The van der Waals surface area contributed by atoms with Crippen LogP contribution in [0.25, 0.3) is 0 Å². The van der Waals surface area contributed by atoms with Gasteiger partial charge in [-0.15, -0.1) is 0 Å². The Morgan fingerprint density at radius 3 is 2.76 bits per heavy atom. The van der Waals surface area contributed by atoms with Crippen molar-refractivity contribution < 1.29 is 5.11 Å². The molecule has 1 aliphatic carbocycles. The second-order valence-electron chi connectivity index (χ2n) is 5.35. The van der Waals surface area contributed by atoms with E-state index in [4.69, 9.17) is 0 Å². The molecule has 2 N–H and O–H groups in total. The minimum Gasteiger partial charge on any atom is -0.508 e. The number of aromatic hydroxyl groups is 1. The number of benzene rings is 1. The molecule has 0 saturated heterocycles. The topological polar surface area (TPSA) is 32.3 Å². The van der Waals surface area contributed by atoms with Gasteiger partial charge in [-0.2, -0.15) is 0 Å². The molecule has 1 saturated carbocycles. The molecule has 2 rings (SSSR count). The van der Waals surface area contributed by atoms with Crippen LogP contribution in [0.2, 0.25) is 0 Å². The first-order chi connectivity index (χ1) is 8.16. The predicted molar refractivity (Wildman–Crippen MR) is 71.1 cm³/mol. The van der Waals surface area contributed by atoms with Crippen LogP contribution >= 0.6 is 0 Å². The maximum absolute atomic E-state index is 9.77. The Hall–Kier alpha value is -1.02. The number of phenolic OH excluding ortho intramolecular Hbond substituents is 1. The van der Waals surface area contributed by atoms with E-state index >= 15 is 0 Å². The van der Waals surface area contributed by atoms with Crippen molar-refractivity contribution in [3.05, 3.63) is 29.3 Å². The molecule has 0 heterocycles. The minimum absolute atomic E-state index is 0.404. The third-order valence-corrected chi connectivity index (χ3v) is 3.96. The highest BCUT2D eigenvalue weighted by molar-refractivity contribution is 5.35. The molecule has 0 unspecified atom stereocenters. The van der Waals surface area contributed by atoms with E-state index in [1.807, 2.05) is 6.07 Å². The largest absolute Gasteiger partial charge is 0.508 e. The molecule has 0 aromatic heterocycles. The number of nitrogens with one attached hydrogen (secondary N) is 1. The maximum Gasteiger partial charge on any atom is 0.120 e. The molecule has 0 bridgehead atoms. The summed E-state index contributed by atoms with van der Waals surface area (Å²) in [6.07, 6.45) is 5.47. The summed E-state index contributed by atoms with van der Waals surface area (Å²) in [5, 5.41) is 13.3. The van der Waals surface area contributed by atoms with Crippen molar-refractivity contribution in [1.82, 2.24) is 5.32 Å². The van der Waals surface area contributed by atoms with Gasteiger partial charge in [0.1, 0.15) is 5.75 Å². The minimum atomic E-state index is 0.404. The molecule has 0 spiro atoms. The maximum atomic E-state index is 9.77. The van der Waals surface area contributed by atoms with E-state index in [0.717, 1.165) is 18.0 Å². The molecule has 2 nitrogen and oxygen atoms in total. The first-order valence-electron chi connectivity index (χ1n) is 6.68. The van der Waals surface area contributed by atoms with Gasteiger partial charge in [0, 0.05) is 18.2 Å². The molecule has 94 valence electrons. The van der Waals surface area contributed by atoms with E-state index in [2.05, 4.69) is 25.2 Å². The fourth-order valence-electron chi connectivity index (χ4n) is 2.75. The average Bonchev–Trinajstić information content (AvgIpc) is 2.83. The predicted octanol–water partition coefficient (Wildman–Crippen LogP) is 3.37. The molecule has 1 aromatic carbocycles. The lowest BCUT2D eigenvalue weighted by molar-refractivity contribution is 0.376. The molecule has 0 aliphatic heterocycles. The summed E-state index contributed by atoms with van der Waals surface area (Å²) < 4.78 is 0. The normalized spacial score (nSPS) is 18.5. The van der Waals surface area contributed by atoms with Crippen molar-refractivity contribution >= 4 is 0 Å². The molecule has 0 amide bonds. The Bertz CT molecular complexity index is 369. The monoisotopic (exact) mass is 233 g/mol. The summed E-state index contributed by atoms with van der Waals surface area (Å²) >= 11 is 0. The Morgan fingerprint density at radius 2 is 2.06 bits per heavy atom. The molecular weight excluding hydrogens is 210 g/mol. The van der Waals surface area contributed by atoms with Crippen molar-refractivity contribution in [3.8, 4) is 5.75 Å². The van der Waals surface area contributed by atoms with Crippen molar-refractivity contribution in [2.75, 3.05) is 0 Å². The quantitative estimate of drug-likeness (QED) is 0.835. The van der Waals surface area contributed by atoms with E-state index in [1.165, 1.54) is 31.2 Å². The lowest BCUT2D eigenvalue weighted by Crippen LogP contribution is -2.31. The molecule has 1 atom stereocenters. The molecule has 17 heavy (non-hydrogen) atoms. The van der Waals surface area contributed by atoms with Crippen molar-refractivity contribution in [2.24, 2.45) is 5.92 Å². The van der Waals surface area contributed by atoms with Crippen molar-refractivity contribution in [3.63, 3.8) is 0 Å². The summed E-state index contributed by atoms with van der Waals surface area (Å²) in [5.41, 5.74) is 2.21. The van der Waals surface area contributed by atoms with Crippen molar-refractivity contribution in [1.29, 1.82) is 0 Å². The zero-order valence-corrected chi connectivity index (χ0v) is 10.9. The van der Waals surface area contributed by atoms with Crippen LogP contribution in [0.4, 0.5) is 0 Å². The van der Waals surface area contributed by atoms with Gasteiger partial charge in [-0.3, -0.25) is 0 Å². The van der Waals surface area contributed by atoms with E-state index in [-0.39, 0.29) is 0 Å². The number of hydrogen-bond donors (Lipinski definition) is 2. The van der Waals surface area contributed by atoms with Crippen LogP contribution in [0.1, 0.15) is 43.7 Å². The van der Waals surface area contributed by atoms with Crippen LogP contribution in [-0.2, 0) is 6.54 Å². The fraction of sp³-hybridized carbons (Fsp3) is 0.600. The summed E-state index contributed by atoms with van der Waals surface area (Å²) in [6, 6.07) is 6.34. The van der Waals surface area contributed by atoms with Gasteiger partial charge in [0.25, 0.3) is 0 Å². The Labute approximate surface area is 104 Å². The van der Waals surface area contributed by atoms with Gasteiger partial charge in [-0.1, -0.05) is 30.5 Å². The van der Waals surface area contributed by atoms with Crippen LogP contribution < -0.4 is 5.32 Å². The second-order valence-corrected chi connectivity index (χ2v) is 5.35. The van der Waals surface area contributed by atoms with E-state index < -0.39 is 0 Å². The Kier molecular flexibility index (Phi) is 4.06. The van der Waals surface area contributed by atoms with Gasteiger partial charge in [-0.05, 0) is 38.7 Å². The number of aryl methyl sites for hydroxylation is 1. The zero-order valence-electron chi connectivity index (χ0n) is 10.9. The van der Waals surface area contributed by atoms with Crippen LogP contribution in [0.3, 0.4) is 0 Å². The summed E-state index contributed by atoms with van der Waals surface area (Å²) in [6.45, 7) is 5.09. The average molecular weight is 233 g/mol. The first-order valence-corrected chi connectivity index (χ1v) is 6.68. The van der Waals surface area contributed by atoms with Crippen LogP contribution in [-0.4, -0.2) is 11.1 Å². The lowest BCUT2D eigenvalue weighted by atomic mass is 9.99. The van der Waals surface area contributed by atoms with Gasteiger partial charge in [0.05, 0.1) is 0 Å².